The topological polar surface area (TPSA) is 105 Å². The highest BCUT2D eigenvalue weighted by Gasteiger charge is 2.35. The molecule has 0 fully saturated rings. The SMILES string of the molecule is CC[C@@H](C)NC(=O)[C@@H](Cc1ccccc1)N(Cc1cccc(Br)c1)C(=O)CN(c1ccccc1OC)S(=O)(=O)c1ccc(OC)cc1. The van der Waals surface area contributed by atoms with Crippen molar-refractivity contribution in [1.29, 1.82) is 0 Å². The van der Waals surface area contributed by atoms with Gasteiger partial charge >= 0.3 is 0 Å². The highest BCUT2D eigenvalue weighted by Crippen LogP contribution is 2.33. The highest BCUT2D eigenvalue weighted by molar-refractivity contribution is 9.10. The standard InChI is InChI=1S/C36H40BrN3O6S/c1-5-26(2)38-36(42)33(23-27-12-7-6-8-13-27)39(24-28-14-11-15-29(37)22-28)35(41)25-40(32-16-9-10-17-34(32)46-4)47(43,44)31-20-18-30(45-3)19-21-31/h6-22,26,33H,5,23-25H2,1-4H3,(H,38,42)/t26-,33-/m1/s1. The fourth-order valence-electron chi connectivity index (χ4n) is 5.05. The summed E-state index contributed by atoms with van der Waals surface area (Å²) in [6.45, 7) is 3.34. The van der Waals surface area contributed by atoms with Gasteiger partial charge in [0.2, 0.25) is 11.8 Å². The van der Waals surface area contributed by atoms with E-state index in [4.69, 9.17) is 9.47 Å². The summed E-state index contributed by atoms with van der Waals surface area (Å²) in [4.78, 5) is 30.1. The minimum Gasteiger partial charge on any atom is -0.497 e. The maximum atomic E-state index is 14.7. The van der Waals surface area contributed by atoms with Crippen molar-refractivity contribution in [3.8, 4) is 11.5 Å². The Bertz CT molecular complexity index is 1750. The first-order valence-corrected chi connectivity index (χ1v) is 17.5. The Morgan fingerprint density at radius 2 is 1.51 bits per heavy atom. The summed E-state index contributed by atoms with van der Waals surface area (Å²) in [5.74, 6) is -0.131. The maximum absolute atomic E-state index is 14.7. The molecule has 0 aromatic heterocycles. The van der Waals surface area contributed by atoms with Gasteiger partial charge in [-0.3, -0.25) is 13.9 Å². The quantitative estimate of drug-likeness (QED) is 0.156. The van der Waals surface area contributed by atoms with Crippen molar-refractivity contribution in [3.05, 3.63) is 119 Å². The molecule has 0 bridgehead atoms. The fourth-order valence-corrected chi connectivity index (χ4v) is 6.92. The smallest absolute Gasteiger partial charge is 0.264 e. The van der Waals surface area contributed by atoms with Crippen molar-refractivity contribution in [1.82, 2.24) is 10.2 Å². The van der Waals surface area contributed by atoms with Crippen LogP contribution in [0.4, 0.5) is 5.69 Å². The second kappa shape index (κ2) is 16.5. The molecule has 0 heterocycles. The first-order chi connectivity index (χ1) is 22.6. The number of amides is 2. The fraction of sp³-hybridized carbons (Fsp3) is 0.278. The largest absolute Gasteiger partial charge is 0.497 e. The molecule has 4 aromatic carbocycles. The van der Waals surface area contributed by atoms with Crippen molar-refractivity contribution in [3.63, 3.8) is 0 Å². The molecule has 2 amide bonds. The summed E-state index contributed by atoms with van der Waals surface area (Å²) in [5, 5.41) is 3.05. The number of nitrogens with one attached hydrogen (secondary N) is 1. The van der Waals surface area contributed by atoms with Crippen LogP contribution in [0.15, 0.2) is 112 Å². The first-order valence-electron chi connectivity index (χ1n) is 15.2. The van der Waals surface area contributed by atoms with Gasteiger partial charge in [-0.2, -0.15) is 0 Å². The normalized spacial score (nSPS) is 12.4. The number of sulfonamides is 1. The number of ether oxygens (including phenoxy) is 2. The number of carbonyl (C=O) groups is 2. The Labute approximate surface area is 285 Å². The Hall–Kier alpha value is -4.35. The second-order valence-electron chi connectivity index (χ2n) is 11.0. The van der Waals surface area contributed by atoms with Crippen molar-refractivity contribution < 1.29 is 27.5 Å². The molecular formula is C36H40BrN3O6S. The zero-order valence-electron chi connectivity index (χ0n) is 26.9. The molecular weight excluding hydrogens is 682 g/mol. The molecule has 0 radical (unpaired) electrons. The number of rotatable bonds is 15. The van der Waals surface area contributed by atoms with Gasteiger partial charge in [-0.05, 0) is 73.0 Å². The minimum absolute atomic E-state index is 0.0362. The van der Waals surface area contributed by atoms with E-state index in [9.17, 15) is 18.0 Å². The maximum Gasteiger partial charge on any atom is 0.264 e. The average molecular weight is 723 g/mol. The molecule has 0 saturated carbocycles. The zero-order chi connectivity index (χ0) is 34.0. The van der Waals surface area contributed by atoms with Crippen LogP contribution in [0.5, 0.6) is 11.5 Å². The molecule has 0 saturated heterocycles. The molecule has 2 atom stereocenters. The number of halogens is 1. The third kappa shape index (κ3) is 9.14. The van der Waals surface area contributed by atoms with E-state index in [0.717, 1.165) is 19.9 Å². The monoisotopic (exact) mass is 721 g/mol. The van der Waals surface area contributed by atoms with E-state index < -0.39 is 28.5 Å². The molecule has 4 rings (SSSR count). The van der Waals surface area contributed by atoms with Gasteiger partial charge in [0.25, 0.3) is 10.0 Å². The summed E-state index contributed by atoms with van der Waals surface area (Å²) < 4.78 is 41.2. The Kier molecular flexibility index (Phi) is 12.4. The van der Waals surface area contributed by atoms with E-state index in [1.54, 1.807) is 36.4 Å². The minimum atomic E-state index is -4.31. The van der Waals surface area contributed by atoms with Crippen molar-refractivity contribution in [2.24, 2.45) is 0 Å². The van der Waals surface area contributed by atoms with Crippen LogP contribution in [0.2, 0.25) is 0 Å². The van der Waals surface area contributed by atoms with Crippen LogP contribution in [0.25, 0.3) is 0 Å². The zero-order valence-corrected chi connectivity index (χ0v) is 29.3. The van der Waals surface area contributed by atoms with Gasteiger partial charge in [0.05, 0.1) is 24.8 Å². The number of anilines is 1. The van der Waals surface area contributed by atoms with Crippen LogP contribution in [0.1, 0.15) is 31.4 Å². The number of hydrogen-bond acceptors (Lipinski definition) is 6. The summed E-state index contributed by atoms with van der Waals surface area (Å²) in [7, 11) is -1.37. The van der Waals surface area contributed by atoms with Crippen LogP contribution in [-0.2, 0) is 32.6 Å². The lowest BCUT2D eigenvalue weighted by atomic mass is 10.0. The number of benzene rings is 4. The number of carbonyl (C=O) groups excluding carboxylic acids is 2. The number of methoxy groups -OCH3 is 2. The van der Waals surface area contributed by atoms with Crippen molar-refractivity contribution in [2.45, 2.75) is 50.2 Å². The Morgan fingerprint density at radius 3 is 2.15 bits per heavy atom. The average Bonchev–Trinajstić information content (AvgIpc) is 3.08. The number of hydrogen-bond donors (Lipinski definition) is 1. The van der Waals surface area contributed by atoms with Crippen LogP contribution in [0.3, 0.4) is 0 Å². The van der Waals surface area contributed by atoms with E-state index in [1.165, 1.54) is 31.3 Å². The summed E-state index contributed by atoms with van der Waals surface area (Å²) in [6, 6.07) is 28.4. The van der Waals surface area contributed by atoms with Crippen LogP contribution >= 0.6 is 15.9 Å². The predicted molar refractivity (Wildman–Crippen MR) is 187 cm³/mol. The third-order valence-electron chi connectivity index (χ3n) is 7.79. The molecule has 4 aromatic rings. The molecule has 9 nitrogen and oxygen atoms in total. The molecule has 0 spiro atoms. The van der Waals surface area contributed by atoms with Gasteiger partial charge in [-0.15, -0.1) is 0 Å². The van der Waals surface area contributed by atoms with Gasteiger partial charge in [0, 0.05) is 23.5 Å². The first kappa shape index (κ1) is 35.5. The highest BCUT2D eigenvalue weighted by atomic mass is 79.9. The third-order valence-corrected chi connectivity index (χ3v) is 10.1. The molecule has 11 heteroatoms. The van der Waals surface area contributed by atoms with Crippen LogP contribution < -0.4 is 19.1 Å². The molecule has 0 aliphatic rings. The second-order valence-corrected chi connectivity index (χ2v) is 13.8. The molecule has 0 unspecified atom stereocenters. The molecule has 1 N–H and O–H groups in total. The molecule has 248 valence electrons. The van der Waals surface area contributed by atoms with E-state index in [1.807, 2.05) is 68.4 Å². The summed E-state index contributed by atoms with van der Waals surface area (Å²) in [6.07, 6.45) is 0.924. The van der Waals surface area contributed by atoms with Gasteiger partial charge in [-0.25, -0.2) is 8.42 Å². The molecule has 0 aliphatic heterocycles. The number of nitrogens with zero attached hydrogens (tertiary/aromatic N) is 2. The van der Waals surface area contributed by atoms with Gasteiger partial charge < -0.3 is 19.7 Å². The molecule has 0 aliphatic carbocycles. The van der Waals surface area contributed by atoms with E-state index >= 15 is 0 Å². The Balaban J connectivity index is 1.84. The number of para-hydroxylation sites is 2. The lowest BCUT2D eigenvalue weighted by Crippen LogP contribution is -2.54. The van der Waals surface area contributed by atoms with Gasteiger partial charge in [-0.1, -0.05) is 77.5 Å². The summed E-state index contributed by atoms with van der Waals surface area (Å²) >= 11 is 3.51. The van der Waals surface area contributed by atoms with E-state index in [2.05, 4.69) is 21.2 Å². The molecule has 47 heavy (non-hydrogen) atoms. The van der Waals surface area contributed by atoms with Gasteiger partial charge in [0.15, 0.2) is 0 Å². The summed E-state index contributed by atoms with van der Waals surface area (Å²) in [5.41, 5.74) is 1.81. The Morgan fingerprint density at radius 1 is 0.851 bits per heavy atom. The lowest BCUT2D eigenvalue weighted by Gasteiger charge is -2.34. The lowest BCUT2D eigenvalue weighted by molar-refractivity contribution is -0.140. The van der Waals surface area contributed by atoms with Crippen LogP contribution in [-0.4, -0.2) is 58.0 Å². The van der Waals surface area contributed by atoms with Crippen LogP contribution in [0, 0.1) is 0 Å². The van der Waals surface area contributed by atoms with E-state index in [0.29, 0.717) is 12.2 Å². The van der Waals surface area contributed by atoms with E-state index in [-0.39, 0.29) is 41.2 Å². The predicted octanol–water partition coefficient (Wildman–Crippen LogP) is 6.22. The van der Waals surface area contributed by atoms with Crippen molar-refractivity contribution in [2.75, 3.05) is 25.1 Å². The van der Waals surface area contributed by atoms with Crippen molar-refractivity contribution >= 4 is 43.5 Å². The van der Waals surface area contributed by atoms with Gasteiger partial charge in [0.1, 0.15) is 24.1 Å².